The van der Waals surface area contributed by atoms with Gasteiger partial charge in [0.25, 0.3) is 0 Å². The van der Waals surface area contributed by atoms with Crippen LogP contribution in [0.15, 0.2) is 27.1 Å². The lowest BCUT2D eigenvalue weighted by Crippen LogP contribution is -2.05. The lowest BCUT2D eigenvalue weighted by Gasteiger charge is -2.14. The molecule has 1 aromatic carbocycles. The molecular formula is C13H14Br2N2O. The van der Waals surface area contributed by atoms with E-state index in [2.05, 4.69) is 37.0 Å². The summed E-state index contributed by atoms with van der Waals surface area (Å²) in [6.45, 7) is 5.71. The minimum atomic E-state index is -0.541. The Morgan fingerprint density at radius 2 is 1.94 bits per heavy atom. The average molecular weight is 374 g/mol. The van der Waals surface area contributed by atoms with Gasteiger partial charge >= 0.3 is 0 Å². The summed E-state index contributed by atoms with van der Waals surface area (Å²) in [6, 6.07) is 5.83. The number of rotatable bonds is 2. The van der Waals surface area contributed by atoms with Crippen molar-refractivity contribution in [3.05, 3.63) is 44.1 Å². The fourth-order valence-electron chi connectivity index (χ4n) is 1.91. The van der Waals surface area contributed by atoms with Crippen LogP contribution in [0.25, 0.3) is 5.69 Å². The van der Waals surface area contributed by atoms with Gasteiger partial charge in [-0.1, -0.05) is 15.9 Å². The first-order valence-electron chi connectivity index (χ1n) is 5.61. The molecule has 0 bridgehead atoms. The monoisotopic (exact) mass is 372 g/mol. The maximum atomic E-state index is 9.88. The zero-order valence-corrected chi connectivity index (χ0v) is 13.6. The summed E-state index contributed by atoms with van der Waals surface area (Å²) in [5, 5.41) is 14.4. The zero-order valence-electron chi connectivity index (χ0n) is 10.4. The lowest BCUT2D eigenvalue weighted by molar-refractivity contribution is 0.199. The number of aliphatic hydroxyl groups excluding tert-OH is 1. The molecule has 1 N–H and O–H groups in total. The van der Waals surface area contributed by atoms with Crippen molar-refractivity contribution in [2.24, 2.45) is 0 Å². The summed E-state index contributed by atoms with van der Waals surface area (Å²) in [4.78, 5) is 0. The van der Waals surface area contributed by atoms with E-state index >= 15 is 0 Å². The van der Waals surface area contributed by atoms with Crippen molar-refractivity contribution in [1.82, 2.24) is 9.78 Å². The predicted molar refractivity (Wildman–Crippen MR) is 79.1 cm³/mol. The second-order valence-electron chi connectivity index (χ2n) is 4.28. The van der Waals surface area contributed by atoms with Gasteiger partial charge < -0.3 is 5.11 Å². The first-order chi connectivity index (χ1) is 8.41. The van der Waals surface area contributed by atoms with E-state index < -0.39 is 6.10 Å². The Labute approximate surface area is 123 Å². The van der Waals surface area contributed by atoms with Crippen molar-refractivity contribution in [3.8, 4) is 5.69 Å². The summed E-state index contributed by atoms with van der Waals surface area (Å²) in [5.41, 5.74) is 3.71. The van der Waals surface area contributed by atoms with E-state index in [0.29, 0.717) is 0 Å². The SMILES string of the molecule is Cc1nn(-c2ccc(Br)cc2C(C)O)c(C)c1Br. The molecule has 18 heavy (non-hydrogen) atoms. The molecule has 2 rings (SSSR count). The van der Waals surface area contributed by atoms with Gasteiger partial charge in [0.05, 0.1) is 27.7 Å². The number of hydrogen-bond donors (Lipinski definition) is 1. The van der Waals surface area contributed by atoms with Crippen LogP contribution in [0.4, 0.5) is 0 Å². The van der Waals surface area contributed by atoms with E-state index in [1.54, 1.807) is 6.92 Å². The van der Waals surface area contributed by atoms with Gasteiger partial charge in [0.15, 0.2) is 0 Å². The standard InChI is InChI=1S/C13H14Br2N2O/c1-7-13(15)8(2)17(16-7)12-5-4-10(14)6-11(12)9(3)18/h4-6,9,18H,1-3H3. The zero-order chi connectivity index (χ0) is 13.4. The summed E-state index contributed by atoms with van der Waals surface area (Å²) < 4.78 is 3.80. The van der Waals surface area contributed by atoms with Crippen LogP contribution < -0.4 is 0 Å². The molecular weight excluding hydrogens is 360 g/mol. The first-order valence-corrected chi connectivity index (χ1v) is 7.20. The Morgan fingerprint density at radius 1 is 1.28 bits per heavy atom. The molecule has 1 heterocycles. The van der Waals surface area contributed by atoms with Crippen LogP contribution in [0.3, 0.4) is 0 Å². The number of aromatic nitrogens is 2. The molecule has 0 saturated heterocycles. The minimum absolute atomic E-state index is 0.541. The van der Waals surface area contributed by atoms with Gasteiger partial charge in [-0.2, -0.15) is 5.10 Å². The van der Waals surface area contributed by atoms with Crippen LogP contribution in [0.2, 0.25) is 0 Å². The average Bonchev–Trinajstić information content (AvgIpc) is 2.57. The van der Waals surface area contributed by atoms with Crippen LogP contribution >= 0.6 is 31.9 Å². The molecule has 0 fully saturated rings. The Balaban J connectivity index is 2.67. The van der Waals surface area contributed by atoms with Crippen molar-refractivity contribution in [3.63, 3.8) is 0 Å². The topological polar surface area (TPSA) is 38.0 Å². The molecule has 3 nitrogen and oxygen atoms in total. The molecule has 96 valence electrons. The number of benzene rings is 1. The van der Waals surface area contributed by atoms with Gasteiger partial charge in [-0.25, -0.2) is 4.68 Å². The van der Waals surface area contributed by atoms with Crippen molar-refractivity contribution >= 4 is 31.9 Å². The number of hydrogen-bond acceptors (Lipinski definition) is 2. The molecule has 0 aliphatic heterocycles. The summed E-state index contributed by atoms with van der Waals surface area (Å²) in [6.07, 6.45) is -0.541. The largest absolute Gasteiger partial charge is 0.389 e. The Morgan fingerprint density at radius 3 is 2.44 bits per heavy atom. The molecule has 1 aromatic heterocycles. The van der Waals surface area contributed by atoms with Gasteiger partial charge in [0.2, 0.25) is 0 Å². The molecule has 0 aliphatic carbocycles. The quantitative estimate of drug-likeness (QED) is 0.861. The first kappa shape index (κ1) is 13.8. The number of halogens is 2. The van der Waals surface area contributed by atoms with Gasteiger partial charge in [-0.15, -0.1) is 0 Å². The van der Waals surface area contributed by atoms with Crippen LogP contribution in [0.5, 0.6) is 0 Å². The van der Waals surface area contributed by atoms with Crippen LogP contribution in [0, 0.1) is 13.8 Å². The van der Waals surface area contributed by atoms with Gasteiger partial charge in [-0.05, 0) is 54.9 Å². The van der Waals surface area contributed by atoms with Gasteiger partial charge in [0.1, 0.15) is 0 Å². The smallest absolute Gasteiger partial charge is 0.0783 e. The highest BCUT2D eigenvalue weighted by molar-refractivity contribution is 9.10. The molecule has 0 spiro atoms. The third kappa shape index (κ3) is 2.39. The molecule has 0 aliphatic rings. The Kier molecular flexibility index (Phi) is 3.94. The molecule has 0 radical (unpaired) electrons. The van der Waals surface area contributed by atoms with Crippen molar-refractivity contribution < 1.29 is 5.11 Å². The fraction of sp³-hybridized carbons (Fsp3) is 0.308. The van der Waals surface area contributed by atoms with E-state index in [0.717, 1.165) is 31.6 Å². The third-order valence-corrected chi connectivity index (χ3v) is 4.51. The summed E-state index contributed by atoms with van der Waals surface area (Å²) in [7, 11) is 0. The predicted octanol–water partition coefficient (Wildman–Crippen LogP) is 4.07. The number of aliphatic hydroxyl groups is 1. The van der Waals surface area contributed by atoms with E-state index in [-0.39, 0.29) is 0 Å². The summed E-state index contributed by atoms with van der Waals surface area (Å²) >= 11 is 6.94. The number of aryl methyl sites for hydroxylation is 1. The fourth-order valence-corrected chi connectivity index (χ4v) is 2.54. The van der Waals surface area contributed by atoms with Crippen molar-refractivity contribution in [2.45, 2.75) is 26.9 Å². The maximum absolute atomic E-state index is 9.88. The molecule has 1 unspecified atom stereocenters. The highest BCUT2D eigenvalue weighted by Gasteiger charge is 2.15. The summed E-state index contributed by atoms with van der Waals surface area (Å²) in [5.74, 6) is 0. The molecule has 1 atom stereocenters. The van der Waals surface area contributed by atoms with E-state index in [1.165, 1.54) is 0 Å². The van der Waals surface area contributed by atoms with Gasteiger partial charge in [-0.3, -0.25) is 0 Å². The normalized spacial score (nSPS) is 12.8. The van der Waals surface area contributed by atoms with Crippen LogP contribution in [-0.4, -0.2) is 14.9 Å². The second-order valence-corrected chi connectivity index (χ2v) is 5.98. The van der Waals surface area contributed by atoms with E-state index in [1.807, 2.05) is 36.7 Å². The third-order valence-electron chi connectivity index (χ3n) is 2.87. The van der Waals surface area contributed by atoms with Gasteiger partial charge in [0, 0.05) is 10.0 Å². The highest BCUT2D eigenvalue weighted by atomic mass is 79.9. The molecule has 5 heteroatoms. The Bertz CT molecular complexity index is 591. The number of nitrogens with zero attached hydrogens (tertiary/aromatic N) is 2. The Hall–Kier alpha value is -0.650. The minimum Gasteiger partial charge on any atom is -0.389 e. The van der Waals surface area contributed by atoms with E-state index in [9.17, 15) is 5.11 Å². The molecule has 2 aromatic rings. The van der Waals surface area contributed by atoms with Crippen LogP contribution in [-0.2, 0) is 0 Å². The maximum Gasteiger partial charge on any atom is 0.0783 e. The highest BCUT2D eigenvalue weighted by Crippen LogP contribution is 2.29. The molecule has 0 amide bonds. The second kappa shape index (κ2) is 5.15. The molecule has 0 saturated carbocycles. The van der Waals surface area contributed by atoms with Crippen molar-refractivity contribution in [1.29, 1.82) is 0 Å². The van der Waals surface area contributed by atoms with E-state index in [4.69, 9.17) is 0 Å². The van der Waals surface area contributed by atoms with Crippen LogP contribution in [0.1, 0.15) is 30.0 Å². The van der Waals surface area contributed by atoms with Crippen molar-refractivity contribution in [2.75, 3.05) is 0 Å². The lowest BCUT2D eigenvalue weighted by atomic mass is 10.1.